The van der Waals surface area contributed by atoms with E-state index in [1.54, 1.807) is 4.90 Å². The summed E-state index contributed by atoms with van der Waals surface area (Å²) in [4.78, 5) is 29.6. The van der Waals surface area contributed by atoms with Crippen LogP contribution >= 0.6 is 0 Å². The van der Waals surface area contributed by atoms with Crippen molar-refractivity contribution in [3.8, 4) is 6.07 Å². The molecule has 3 rings (SSSR count). The van der Waals surface area contributed by atoms with Gasteiger partial charge in [0.05, 0.1) is 19.3 Å². The van der Waals surface area contributed by atoms with Gasteiger partial charge in [0.15, 0.2) is 6.10 Å². The van der Waals surface area contributed by atoms with Crippen LogP contribution in [0.4, 0.5) is 4.79 Å². The van der Waals surface area contributed by atoms with Gasteiger partial charge in [-0.05, 0) is 38.8 Å². The average molecular weight is 407 g/mol. The van der Waals surface area contributed by atoms with Crippen molar-refractivity contribution in [1.29, 1.82) is 5.26 Å². The van der Waals surface area contributed by atoms with Crippen molar-refractivity contribution >= 4 is 12.0 Å². The van der Waals surface area contributed by atoms with Gasteiger partial charge in [0.1, 0.15) is 5.54 Å². The summed E-state index contributed by atoms with van der Waals surface area (Å²) in [6, 6.07) is 2.26. The molecule has 2 saturated heterocycles. The summed E-state index contributed by atoms with van der Waals surface area (Å²) in [5.41, 5.74) is -0.957. The molecule has 1 aliphatic carbocycles. The van der Waals surface area contributed by atoms with E-state index in [1.165, 1.54) is 19.3 Å². The van der Waals surface area contributed by atoms with Crippen LogP contribution in [0.25, 0.3) is 0 Å². The number of carbonyl (C=O) groups excluding carboxylic acids is 2. The average Bonchev–Trinajstić information content (AvgIpc) is 2.74. The Hall–Kier alpha value is -1.85. The first-order chi connectivity index (χ1) is 14.0. The van der Waals surface area contributed by atoms with E-state index in [-0.39, 0.29) is 5.91 Å². The molecule has 3 fully saturated rings. The topological polar surface area (TPSA) is 94.9 Å². The number of nitriles is 1. The highest BCUT2D eigenvalue weighted by molar-refractivity contribution is 5.84. The lowest BCUT2D eigenvalue weighted by Gasteiger charge is -2.37. The van der Waals surface area contributed by atoms with Crippen molar-refractivity contribution in [3.05, 3.63) is 0 Å². The molecule has 1 saturated carbocycles. The van der Waals surface area contributed by atoms with Crippen LogP contribution in [0.2, 0.25) is 0 Å². The van der Waals surface area contributed by atoms with E-state index < -0.39 is 17.7 Å². The van der Waals surface area contributed by atoms with Crippen LogP contribution in [0.3, 0.4) is 0 Å². The number of piperidine rings is 1. The van der Waals surface area contributed by atoms with Gasteiger partial charge in [-0.3, -0.25) is 4.79 Å². The normalized spacial score (nSPS) is 27.7. The van der Waals surface area contributed by atoms with E-state index in [9.17, 15) is 14.9 Å². The zero-order valence-corrected chi connectivity index (χ0v) is 17.5. The van der Waals surface area contributed by atoms with E-state index in [1.807, 2.05) is 11.9 Å². The highest BCUT2D eigenvalue weighted by atomic mass is 16.6. The molecule has 0 aromatic carbocycles. The fourth-order valence-corrected chi connectivity index (χ4v) is 4.76. The van der Waals surface area contributed by atoms with Crippen LogP contribution in [0.15, 0.2) is 0 Å². The third-order valence-electron chi connectivity index (χ3n) is 6.36. The number of likely N-dealkylation sites (tertiary alicyclic amines) is 1. The number of nitrogens with zero attached hydrogens (tertiary/aromatic N) is 3. The third-order valence-corrected chi connectivity index (χ3v) is 6.36. The van der Waals surface area contributed by atoms with Gasteiger partial charge >= 0.3 is 6.09 Å². The summed E-state index contributed by atoms with van der Waals surface area (Å²) in [7, 11) is 1.94. The number of nitrogens with one attached hydrogen (secondary N) is 1. The summed E-state index contributed by atoms with van der Waals surface area (Å²) in [5, 5.41) is 12.5. The maximum absolute atomic E-state index is 13.1. The molecule has 8 heteroatoms. The standard InChI is InChI=1S/C21H34N4O4/c1-24-9-5-8-21(15-22,16-24)23-20(27)29-18(14-17-6-3-2-4-7-17)19(26)25-10-12-28-13-11-25/h17-18H,2-14,16H2,1H3,(H,23,27)/t18-,21?/m0/s1. The molecule has 0 aromatic rings. The fraction of sp³-hybridized carbons (Fsp3) is 0.857. The van der Waals surface area contributed by atoms with Gasteiger partial charge in [-0.15, -0.1) is 0 Å². The minimum Gasteiger partial charge on any atom is -0.436 e. The number of ether oxygens (including phenoxy) is 2. The number of morpholine rings is 1. The first kappa shape index (κ1) is 21.8. The maximum atomic E-state index is 13.1. The molecule has 0 radical (unpaired) electrons. The van der Waals surface area contributed by atoms with E-state index in [4.69, 9.17) is 9.47 Å². The minimum atomic E-state index is -0.957. The molecule has 1 unspecified atom stereocenters. The first-order valence-electron chi connectivity index (χ1n) is 11.0. The van der Waals surface area contributed by atoms with Gasteiger partial charge in [0.2, 0.25) is 0 Å². The fourth-order valence-electron chi connectivity index (χ4n) is 4.76. The highest BCUT2D eigenvalue weighted by Crippen LogP contribution is 2.29. The van der Waals surface area contributed by atoms with Crippen LogP contribution in [0.1, 0.15) is 51.4 Å². The van der Waals surface area contributed by atoms with Crippen LogP contribution in [-0.4, -0.2) is 79.9 Å². The summed E-state index contributed by atoms with van der Waals surface area (Å²) in [6.07, 6.45) is 6.24. The summed E-state index contributed by atoms with van der Waals surface area (Å²) in [5.74, 6) is 0.262. The van der Waals surface area contributed by atoms with Crippen molar-refractivity contribution in [1.82, 2.24) is 15.1 Å². The van der Waals surface area contributed by atoms with Crippen molar-refractivity contribution in [2.45, 2.75) is 63.0 Å². The van der Waals surface area contributed by atoms with Gasteiger partial charge in [-0.1, -0.05) is 32.1 Å². The molecule has 1 N–H and O–H groups in total. The summed E-state index contributed by atoms with van der Waals surface area (Å²) >= 11 is 0. The highest BCUT2D eigenvalue weighted by Gasteiger charge is 2.38. The zero-order chi connectivity index (χ0) is 20.7. The summed E-state index contributed by atoms with van der Waals surface area (Å²) < 4.78 is 11.0. The van der Waals surface area contributed by atoms with Gasteiger partial charge in [-0.25, -0.2) is 4.79 Å². The molecule has 29 heavy (non-hydrogen) atoms. The Labute approximate surface area is 173 Å². The molecule has 0 spiro atoms. The predicted molar refractivity (Wildman–Crippen MR) is 107 cm³/mol. The number of likely N-dealkylation sites (N-methyl/N-ethyl adjacent to an activating group) is 1. The van der Waals surface area contributed by atoms with Crippen molar-refractivity contribution < 1.29 is 19.1 Å². The van der Waals surface area contributed by atoms with E-state index >= 15 is 0 Å². The lowest BCUT2D eigenvalue weighted by molar-refractivity contribution is -0.145. The number of hydrogen-bond donors (Lipinski definition) is 1. The SMILES string of the molecule is CN1CCCC(C#N)(NC(=O)O[C@@H](CC2CCCCC2)C(=O)N2CCOCC2)C1. The zero-order valence-electron chi connectivity index (χ0n) is 17.5. The first-order valence-corrected chi connectivity index (χ1v) is 11.0. The van der Waals surface area contributed by atoms with Crippen LogP contribution in [-0.2, 0) is 14.3 Å². The third kappa shape index (κ3) is 6.06. The number of amides is 2. The van der Waals surface area contributed by atoms with Gasteiger partial charge < -0.3 is 24.6 Å². The van der Waals surface area contributed by atoms with E-state index in [0.717, 1.165) is 25.8 Å². The lowest BCUT2D eigenvalue weighted by atomic mass is 9.85. The largest absolute Gasteiger partial charge is 0.436 e. The number of hydrogen-bond acceptors (Lipinski definition) is 6. The smallest absolute Gasteiger partial charge is 0.409 e. The number of carbonyl (C=O) groups is 2. The monoisotopic (exact) mass is 406 g/mol. The molecule has 2 amide bonds. The van der Waals surface area contributed by atoms with Crippen LogP contribution < -0.4 is 5.32 Å². The Balaban J connectivity index is 1.65. The van der Waals surface area contributed by atoms with Crippen molar-refractivity contribution in [2.75, 3.05) is 46.4 Å². The molecule has 162 valence electrons. The molecule has 2 atom stereocenters. The Bertz CT molecular complexity index is 610. The van der Waals surface area contributed by atoms with Crippen LogP contribution in [0.5, 0.6) is 0 Å². The van der Waals surface area contributed by atoms with Gasteiger partial charge in [0, 0.05) is 19.6 Å². The quantitative estimate of drug-likeness (QED) is 0.749. The molecule has 0 bridgehead atoms. The minimum absolute atomic E-state index is 0.138. The Morgan fingerprint density at radius 2 is 1.93 bits per heavy atom. The molecule has 8 nitrogen and oxygen atoms in total. The van der Waals surface area contributed by atoms with E-state index in [0.29, 0.717) is 51.6 Å². The second-order valence-corrected chi connectivity index (χ2v) is 8.73. The van der Waals surface area contributed by atoms with Gasteiger partial charge in [0.25, 0.3) is 5.91 Å². The second kappa shape index (κ2) is 10.3. The molecular weight excluding hydrogens is 372 g/mol. The molecule has 0 aromatic heterocycles. The molecule has 3 aliphatic rings. The number of alkyl carbamates (subject to hydrolysis) is 1. The lowest BCUT2D eigenvalue weighted by Crippen LogP contribution is -2.58. The molecule has 2 heterocycles. The summed E-state index contributed by atoms with van der Waals surface area (Å²) in [6.45, 7) is 3.44. The van der Waals surface area contributed by atoms with Crippen molar-refractivity contribution in [3.63, 3.8) is 0 Å². The Morgan fingerprint density at radius 3 is 2.59 bits per heavy atom. The Kier molecular flexibility index (Phi) is 7.73. The predicted octanol–water partition coefficient (Wildman–Crippen LogP) is 1.90. The second-order valence-electron chi connectivity index (χ2n) is 8.73. The van der Waals surface area contributed by atoms with Gasteiger partial charge in [-0.2, -0.15) is 5.26 Å². The van der Waals surface area contributed by atoms with Crippen LogP contribution in [0, 0.1) is 17.2 Å². The maximum Gasteiger partial charge on any atom is 0.409 e. The molecule has 2 aliphatic heterocycles. The molecular formula is C21H34N4O4. The Morgan fingerprint density at radius 1 is 1.21 bits per heavy atom. The van der Waals surface area contributed by atoms with E-state index in [2.05, 4.69) is 11.4 Å². The van der Waals surface area contributed by atoms with Crippen molar-refractivity contribution in [2.24, 2.45) is 5.92 Å². The number of rotatable bonds is 5.